The summed E-state index contributed by atoms with van der Waals surface area (Å²) in [5.41, 5.74) is -5.35. The van der Waals surface area contributed by atoms with Crippen molar-refractivity contribution in [3.8, 4) is 0 Å². The van der Waals surface area contributed by atoms with Gasteiger partial charge in [-0.15, -0.1) is 0 Å². The van der Waals surface area contributed by atoms with E-state index in [4.69, 9.17) is 0 Å². The lowest BCUT2D eigenvalue weighted by molar-refractivity contribution is -0.0432. The van der Waals surface area contributed by atoms with Gasteiger partial charge < -0.3 is 9.47 Å². The molecule has 0 bridgehead atoms. The summed E-state index contributed by atoms with van der Waals surface area (Å²) in [7, 11) is -4.35. The first-order chi connectivity index (χ1) is 6.68. The molecule has 4 nitrogen and oxygen atoms in total. The van der Waals surface area contributed by atoms with Crippen LogP contribution in [0.25, 0.3) is 0 Å². The summed E-state index contributed by atoms with van der Waals surface area (Å²) >= 11 is 0. The van der Waals surface area contributed by atoms with E-state index in [1.165, 1.54) is 6.92 Å². The minimum atomic E-state index is -5.38. The van der Waals surface area contributed by atoms with Crippen molar-refractivity contribution in [2.75, 3.05) is 13.7 Å². The fourth-order valence-electron chi connectivity index (χ4n) is 0.719. The molecule has 0 N–H and O–H groups in total. The summed E-state index contributed by atoms with van der Waals surface area (Å²) in [4.78, 5) is -0.987. The topological polar surface area (TPSA) is 52.6 Å². The van der Waals surface area contributed by atoms with Crippen molar-refractivity contribution in [2.24, 2.45) is 0 Å². The summed E-state index contributed by atoms with van der Waals surface area (Å²) < 4.78 is 67.1. The summed E-state index contributed by atoms with van der Waals surface area (Å²) in [6, 6.07) is 0. The number of hydrogen-bond acceptors (Lipinski definition) is 4. The van der Waals surface area contributed by atoms with Crippen molar-refractivity contribution in [1.82, 2.24) is 0 Å². The van der Waals surface area contributed by atoms with Gasteiger partial charge >= 0.3 is 5.51 Å². The predicted molar refractivity (Wildman–Crippen MR) is 46.3 cm³/mol. The fraction of sp³-hybridized carbons (Fsp3) is 0.714. The van der Waals surface area contributed by atoms with Gasteiger partial charge in [0.05, 0.1) is 13.7 Å². The minimum absolute atomic E-state index is 0.00783. The zero-order valence-electron chi connectivity index (χ0n) is 8.38. The molecule has 0 radical (unpaired) electrons. The number of allylic oxidation sites excluding steroid dienone is 1. The van der Waals surface area contributed by atoms with Crippen LogP contribution >= 0.6 is 0 Å². The molecule has 0 fully saturated rings. The molecule has 0 atom stereocenters. The van der Waals surface area contributed by atoms with Crippen LogP contribution in [0.2, 0.25) is 0 Å². The first kappa shape index (κ1) is 14.1. The SMILES string of the molecule is CCO/C(OC)=C(\C)S(=O)(=O)C(F)(F)F. The highest BCUT2D eigenvalue weighted by atomic mass is 32.2. The van der Waals surface area contributed by atoms with Crippen LogP contribution in [-0.2, 0) is 19.3 Å². The molecule has 0 rings (SSSR count). The van der Waals surface area contributed by atoms with Crippen LogP contribution in [0.5, 0.6) is 0 Å². The zero-order valence-corrected chi connectivity index (χ0v) is 9.20. The van der Waals surface area contributed by atoms with Gasteiger partial charge in [0.15, 0.2) is 0 Å². The summed E-state index contributed by atoms with van der Waals surface area (Å²) in [6.45, 7) is 2.28. The molecule has 0 aliphatic rings. The van der Waals surface area contributed by atoms with Gasteiger partial charge in [-0.2, -0.15) is 13.2 Å². The Morgan fingerprint density at radius 3 is 2.07 bits per heavy atom. The van der Waals surface area contributed by atoms with E-state index in [1.807, 2.05) is 0 Å². The average Bonchev–Trinajstić information content (AvgIpc) is 2.11. The molecule has 15 heavy (non-hydrogen) atoms. The number of halogens is 3. The second-order valence-electron chi connectivity index (χ2n) is 2.43. The smallest absolute Gasteiger partial charge is 0.468 e. The molecular formula is C7H11F3O4S. The molecule has 0 unspecified atom stereocenters. The summed E-state index contributed by atoms with van der Waals surface area (Å²) in [5, 5.41) is 0. The van der Waals surface area contributed by atoms with Crippen molar-refractivity contribution < 1.29 is 31.1 Å². The van der Waals surface area contributed by atoms with E-state index in [9.17, 15) is 21.6 Å². The zero-order chi connectivity index (χ0) is 12.3. The lowest BCUT2D eigenvalue weighted by Crippen LogP contribution is -2.25. The van der Waals surface area contributed by atoms with Crippen LogP contribution in [0.15, 0.2) is 10.9 Å². The van der Waals surface area contributed by atoms with Crippen LogP contribution in [0.1, 0.15) is 13.8 Å². The number of hydrogen-bond donors (Lipinski definition) is 0. The Morgan fingerprint density at radius 2 is 1.80 bits per heavy atom. The third-order valence-corrected chi connectivity index (χ3v) is 3.04. The molecule has 0 aliphatic carbocycles. The molecule has 0 spiro atoms. The third kappa shape index (κ3) is 3.01. The molecular weight excluding hydrogens is 237 g/mol. The van der Waals surface area contributed by atoms with Crippen LogP contribution in [0.4, 0.5) is 13.2 Å². The van der Waals surface area contributed by atoms with Crippen molar-refractivity contribution in [1.29, 1.82) is 0 Å². The molecule has 0 amide bonds. The quantitative estimate of drug-likeness (QED) is 0.712. The highest BCUT2D eigenvalue weighted by Gasteiger charge is 2.48. The first-order valence-electron chi connectivity index (χ1n) is 3.87. The number of methoxy groups -OCH3 is 1. The first-order valence-corrected chi connectivity index (χ1v) is 5.35. The Balaban J connectivity index is 5.39. The van der Waals surface area contributed by atoms with E-state index in [0.717, 1.165) is 14.0 Å². The molecule has 0 heterocycles. The molecule has 0 aromatic heterocycles. The highest BCUT2D eigenvalue weighted by molar-refractivity contribution is 7.96. The minimum Gasteiger partial charge on any atom is -0.468 e. The standard InChI is InChI=1S/C7H11F3O4S/c1-4-14-6(13-3)5(2)15(11,12)7(8,9)10/h4H2,1-3H3/b6-5+. The van der Waals surface area contributed by atoms with Crippen LogP contribution in [0.3, 0.4) is 0 Å². The van der Waals surface area contributed by atoms with Crippen molar-refractivity contribution >= 4 is 9.84 Å². The van der Waals surface area contributed by atoms with Crippen molar-refractivity contribution in [3.05, 3.63) is 10.9 Å². The summed E-state index contributed by atoms with van der Waals surface area (Å²) in [6.07, 6.45) is 0. The molecule has 8 heteroatoms. The molecule has 90 valence electrons. The lowest BCUT2D eigenvalue weighted by atomic mass is 10.7. The van der Waals surface area contributed by atoms with Crippen LogP contribution in [0, 0.1) is 0 Å². The number of alkyl halides is 3. The van der Waals surface area contributed by atoms with Gasteiger partial charge in [0.25, 0.3) is 15.8 Å². The number of rotatable bonds is 4. The second kappa shape index (κ2) is 4.73. The van der Waals surface area contributed by atoms with Gasteiger partial charge in [-0.25, -0.2) is 8.42 Å². The van der Waals surface area contributed by atoms with Gasteiger partial charge in [-0.3, -0.25) is 0 Å². The molecule has 0 saturated carbocycles. The molecule has 0 aromatic carbocycles. The highest BCUT2D eigenvalue weighted by Crippen LogP contribution is 2.31. The average molecular weight is 248 g/mol. The third-order valence-electron chi connectivity index (χ3n) is 1.46. The van der Waals surface area contributed by atoms with E-state index >= 15 is 0 Å². The van der Waals surface area contributed by atoms with Gasteiger partial charge in [0.1, 0.15) is 4.91 Å². The number of ether oxygens (including phenoxy) is 2. The van der Waals surface area contributed by atoms with E-state index in [0.29, 0.717) is 0 Å². The van der Waals surface area contributed by atoms with Gasteiger partial charge in [0, 0.05) is 0 Å². The Hall–Kier alpha value is -0.920. The Labute approximate surface area is 85.6 Å². The Kier molecular flexibility index (Phi) is 4.44. The maximum absolute atomic E-state index is 12.1. The Bertz CT molecular complexity index is 342. The maximum atomic E-state index is 12.1. The van der Waals surface area contributed by atoms with E-state index in [-0.39, 0.29) is 6.61 Å². The molecule has 0 saturated heterocycles. The van der Waals surface area contributed by atoms with Crippen molar-refractivity contribution in [3.63, 3.8) is 0 Å². The van der Waals surface area contributed by atoms with E-state index in [1.54, 1.807) is 0 Å². The van der Waals surface area contributed by atoms with Crippen molar-refractivity contribution in [2.45, 2.75) is 19.4 Å². The van der Waals surface area contributed by atoms with Gasteiger partial charge in [0.2, 0.25) is 0 Å². The Morgan fingerprint density at radius 1 is 1.33 bits per heavy atom. The largest absolute Gasteiger partial charge is 0.501 e. The van der Waals surface area contributed by atoms with Gasteiger partial charge in [-0.05, 0) is 13.8 Å². The molecule has 0 aromatic rings. The maximum Gasteiger partial charge on any atom is 0.501 e. The second-order valence-corrected chi connectivity index (χ2v) is 4.51. The molecule has 0 aliphatic heterocycles. The van der Waals surface area contributed by atoms with Gasteiger partial charge in [-0.1, -0.05) is 0 Å². The number of sulfone groups is 1. The van der Waals surface area contributed by atoms with E-state index in [2.05, 4.69) is 9.47 Å². The fourth-order valence-corrected chi connectivity index (χ4v) is 1.43. The van der Waals surface area contributed by atoms with Crippen LogP contribution < -0.4 is 0 Å². The lowest BCUT2D eigenvalue weighted by Gasteiger charge is -2.12. The van der Waals surface area contributed by atoms with E-state index < -0.39 is 26.2 Å². The predicted octanol–water partition coefficient (Wildman–Crippen LogP) is 1.79. The normalized spacial score (nSPS) is 14.5. The van der Waals surface area contributed by atoms with Crippen LogP contribution in [-0.4, -0.2) is 27.6 Å². The monoisotopic (exact) mass is 248 g/mol. The summed E-state index contributed by atoms with van der Waals surface area (Å²) in [5.74, 6) is -0.644.